The Labute approximate surface area is 381 Å². The number of phosphoric acid groups is 2. The molecule has 26 nitrogen and oxygen atoms in total. The van der Waals surface area contributed by atoms with E-state index >= 15 is 0 Å². The van der Waals surface area contributed by atoms with Crippen LogP contribution in [0.3, 0.4) is 0 Å². The quantitative estimate of drug-likeness (QED) is 0.0219. The standard InChI is InChI=1S/C39H53N11O15P2/c1-5-6-10-41-11-7-8-12-42-13-9-23(4)50-25-15-22(3)21(2)14-24(25)48(36-30(50)37(56)47-39(57)46-36)16-26(51)31(53)27(52)17-62-66(58,59)65-67(60,61)63-18-28-32(54)33(55)38(64-28)49-20-45-29-34(40)43-19-44-35(29)49/h6,9,13-15,19-20,26-28,31-33,38,41,51-55H,1,7-8,10-12,16-18H2,2-4H3,(H,58,59)(H,60,61)(H2,40,43,44)(H2,46,47,56,57)/b23-9+,42-13?/t26-,27+,28+,31-,32+,33+,38+/m0/s1. The fraction of sp³-hybridized carbons (Fsp3) is 0.462. The normalized spacial score (nSPS) is 21.7. The van der Waals surface area contributed by atoms with Gasteiger partial charge in [0.05, 0.1) is 37.5 Å². The van der Waals surface area contributed by atoms with E-state index in [0.29, 0.717) is 30.2 Å². The molecule has 6 rings (SSSR count). The van der Waals surface area contributed by atoms with Gasteiger partial charge in [-0.2, -0.15) is 4.31 Å². The Morgan fingerprint density at radius 2 is 1.76 bits per heavy atom. The molecule has 0 amide bonds. The van der Waals surface area contributed by atoms with E-state index in [-0.39, 0.29) is 28.5 Å². The Hall–Kier alpha value is -5.24. The number of aliphatic hydroxyl groups excluding tert-OH is 5. The van der Waals surface area contributed by atoms with Crippen LogP contribution in [0.1, 0.15) is 37.1 Å². The van der Waals surface area contributed by atoms with E-state index < -0.39 is 89.5 Å². The molecule has 1 aromatic carbocycles. The van der Waals surface area contributed by atoms with Crippen molar-refractivity contribution in [2.75, 3.05) is 54.9 Å². The molecule has 28 heteroatoms. The summed E-state index contributed by atoms with van der Waals surface area (Å²) in [6, 6.07) is 3.53. The molecule has 67 heavy (non-hydrogen) atoms. The number of nitrogens with two attached hydrogens (primary N) is 1. The molecule has 0 aliphatic carbocycles. The summed E-state index contributed by atoms with van der Waals surface area (Å²) in [5, 5.41) is 57.6. The summed E-state index contributed by atoms with van der Waals surface area (Å²) in [4.78, 5) is 71.0. The summed E-state index contributed by atoms with van der Waals surface area (Å²) in [6.45, 7) is 8.16. The number of hydrogen-bond acceptors (Lipinski definition) is 21. The first kappa shape index (κ1) is 51.2. The summed E-state index contributed by atoms with van der Waals surface area (Å²) >= 11 is 0. The number of nitrogens with zero attached hydrogens (tertiary/aromatic N) is 7. The number of aromatic amines is 2. The van der Waals surface area contributed by atoms with Gasteiger partial charge in [0.1, 0.15) is 54.3 Å². The fourth-order valence-electron chi connectivity index (χ4n) is 7.18. The molecule has 0 radical (unpaired) electrons. The molecule has 0 spiro atoms. The minimum absolute atomic E-state index is 0.0269. The van der Waals surface area contributed by atoms with E-state index in [1.165, 1.54) is 15.8 Å². The lowest BCUT2D eigenvalue weighted by molar-refractivity contribution is -0.0719. The highest BCUT2D eigenvalue weighted by molar-refractivity contribution is 7.61. The van der Waals surface area contributed by atoms with Gasteiger partial charge in [-0.1, -0.05) is 6.58 Å². The molecule has 1 saturated heterocycles. The summed E-state index contributed by atoms with van der Waals surface area (Å²) in [7, 11) is -11.1. The molecule has 5 heterocycles. The van der Waals surface area contributed by atoms with Crippen LogP contribution in [0.4, 0.5) is 28.7 Å². The SMILES string of the molecule is C=C=CCNCCCCN=C/C=C(\C)N1c2cc(C)c(C)cc2N(C[C@H](O)[C@H](O)[C@H](O)COP(=O)(O)OP(=O)(O)OC[C@H]2O[C@@H](n3cnc4c(N)ncnc43)[C@H](O)[C@@H]2O)c2[nH]c(=O)[nH]c(=O)c21. The minimum atomic E-state index is -5.59. The van der Waals surface area contributed by atoms with Crippen molar-refractivity contribution < 1.29 is 62.5 Å². The fourth-order valence-corrected chi connectivity index (χ4v) is 9.27. The molecule has 364 valence electrons. The van der Waals surface area contributed by atoms with E-state index in [0.717, 1.165) is 36.8 Å². The number of anilines is 5. The number of imidazole rings is 1. The number of nitrogen functional groups attached to an aromatic ring is 1. The first-order valence-electron chi connectivity index (χ1n) is 20.7. The van der Waals surface area contributed by atoms with Gasteiger partial charge < -0.3 is 60.9 Å². The maximum Gasteiger partial charge on any atom is 0.481 e. The van der Waals surface area contributed by atoms with Gasteiger partial charge in [-0.3, -0.25) is 33.4 Å². The zero-order valence-electron chi connectivity index (χ0n) is 36.4. The lowest BCUT2D eigenvalue weighted by Crippen LogP contribution is -2.47. The summed E-state index contributed by atoms with van der Waals surface area (Å²) in [5.41, 5.74) is 10.0. The molecule has 2 aliphatic heterocycles. The molecule has 4 aromatic rings. The Kier molecular flexibility index (Phi) is 16.6. The number of β-amino-alcohol motifs (C(OH)–C–C–N with tert-alkyl or cyclic N) is 1. The van der Waals surface area contributed by atoms with Gasteiger partial charge in [0.25, 0.3) is 5.56 Å². The molecule has 0 saturated carbocycles. The van der Waals surface area contributed by atoms with Crippen LogP contribution >= 0.6 is 15.6 Å². The predicted octanol–water partition coefficient (Wildman–Crippen LogP) is 0.330. The number of aliphatic hydroxyl groups is 5. The van der Waals surface area contributed by atoms with E-state index in [4.69, 9.17) is 15.0 Å². The minimum Gasteiger partial charge on any atom is -0.388 e. The van der Waals surface area contributed by atoms with Crippen molar-refractivity contribution in [1.82, 2.24) is 34.8 Å². The van der Waals surface area contributed by atoms with Crippen LogP contribution in [0.5, 0.6) is 0 Å². The number of unbranched alkanes of at least 4 members (excludes halogenated alkanes) is 1. The molecule has 1 fully saturated rings. The van der Waals surface area contributed by atoms with Crippen LogP contribution < -0.4 is 32.1 Å². The van der Waals surface area contributed by atoms with Gasteiger partial charge in [0, 0.05) is 25.0 Å². The second-order valence-corrected chi connectivity index (χ2v) is 18.6. The molecule has 9 atom stereocenters. The van der Waals surface area contributed by atoms with Crippen molar-refractivity contribution in [1.29, 1.82) is 0 Å². The molecular formula is C39H53N11O15P2. The number of aryl methyl sites for hydroxylation is 2. The highest BCUT2D eigenvalue weighted by atomic mass is 31.3. The average molecular weight is 978 g/mol. The van der Waals surface area contributed by atoms with Gasteiger partial charge in [0.2, 0.25) is 0 Å². The van der Waals surface area contributed by atoms with Crippen LogP contribution in [0.2, 0.25) is 0 Å². The molecule has 2 unspecified atom stereocenters. The highest BCUT2D eigenvalue weighted by Crippen LogP contribution is 2.60. The number of aliphatic imine (C=N–C) groups is 1. The lowest BCUT2D eigenvalue weighted by Gasteiger charge is -2.40. The number of fused-ring (bicyclic) bond motifs is 3. The molecule has 12 N–H and O–H groups in total. The van der Waals surface area contributed by atoms with Crippen LogP contribution in [-0.2, 0) is 27.2 Å². The zero-order valence-corrected chi connectivity index (χ0v) is 38.2. The predicted molar refractivity (Wildman–Crippen MR) is 242 cm³/mol. The molecule has 0 bridgehead atoms. The Morgan fingerprint density at radius 1 is 1.04 bits per heavy atom. The lowest BCUT2D eigenvalue weighted by atomic mass is 10.0. The van der Waals surface area contributed by atoms with Crippen LogP contribution in [-0.4, -0.2) is 147 Å². The first-order chi connectivity index (χ1) is 31.7. The number of rotatable bonds is 22. The first-order valence-corrected chi connectivity index (χ1v) is 23.6. The van der Waals surface area contributed by atoms with Crippen LogP contribution in [0, 0.1) is 13.8 Å². The third-order valence-corrected chi connectivity index (χ3v) is 13.3. The Balaban J connectivity index is 1.09. The van der Waals surface area contributed by atoms with Crippen molar-refractivity contribution in [3.05, 3.63) is 86.9 Å². The number of aromatic nitrogens is 6. The van der Waals surface area contributed by atoms with Crippen LogP contribution in [0.25, 0.3) is 11.2 Å². The third-order valence-electron chi connectivity index (χ3n) is 10.7. The number of phosphoric ester groups is 2. The molecular weight excluding hydrogens is 924 g/mol. The highest BCUT2D eigenvalue weighted by Gasteiger charge is 2.46. The topological polar surface area (TPSA) is 379 Å². The zero-order chi connectivity index (χ0) is 48.8. The monoisotopic (exact) mass is 977 g/mol. The smallest absolute Gasteiger partial charge is 0.388 e. The van der Waals surface area contributed by atoms with Gasteiger partial charge >= 0.3 is 21.3 Å². The van der Waals surface area contributed by atoms with Crippen LogP contribution in [0.15, 0.2) is 69.5 Å². The number of benzene rings is 1. The van der Waals surface area contributed by atoms with Crippen molar-refractivity contribution in [2.45, 2.75) is 76.5 Å². The maximum atomic E-state index is 13.6. The van der Waals surface area contributed by atoms with Gasteiger partial charge in [-0.05, 0) is 75.6 Å². The summed E-state index contributed by atoms with van der Waals surface area (Å²) in [6.07, 6.45) is -3.24. The van der Waals surface area contributed by atoms with Crippen molar-refractivity contribution in [3.8, 4) is 0 Å². The van der Waals surface area contributed by atoms with Crippen molar-refractivity contribution >= 4 is 61.7 Å². The third kappa shape index (κ3) is 12.1. The number of nitrogens with one attached hydrogen (secondary N) is 3. The molecule has 2 aliphatic rings. The maximum absolute atomic E-state index is 13.6. The number of hydrogen-bond donors (Lipinski definition) is 11. The van der Waals surface area contributed by atoms with E-state index in [1.54, 1.807) is 42.3 Å². The number of ether oxygens (including phenoxy) is 1. The second kappa shape index (κ2) is 21.8. The Bertz CT molecular complexity index is 2740. The summed E-state index contributed by atoms with van der Waals surface area (Å²) < 4.78 is 46.1. The van der Waals surface area contributed by atoms with Gasteiger partial charge in [0.15, 0.2) is 23.4 Å². The van der Waals surface area contributed by atoms with Crippen molar-refractivity contribution in [2.24, 2.45) is 4.99 Å². The van der Waals surface area contributed by atoms with E-state index in [9.17, 15) is 54.0 Å². The van der Waals surface area contributed by atoms with Gasteiger partial charge in [-0.15, -0.1) is 5.73 Å². The van der Waals surface area contributed by atoms with E-state index in [2.05, 4.69) is 56.4 Å². The molecule has 3 aromatic heterocycles. The average Bonchev–Trinajstić information content (AvgIpc) is 3.82. The van der Waals surface area contributed by atoms with Crippen molar-refractivity contribution in [3.63, 3.8) is 0 Å². The van der Waals surface area contributed by atoms with E-state index in [1.807, 2.05) is 13.8 Å². The second-order valence-electron chi connectivity index (χ2n) is 15.5. The number of allylic oxidation sites excluding steroid dienone is 2. The van der Waals surface area contributed by atoms with Gasteiger partial charge in [-0.25, -0.2) is 28.9 Å². The Morgan fingerprint density at radius 3 is 2.49 bits per heavy atom. The number of H-pyrrole nitrogens is 2. The summed E-state index contributed by atoms with van der Waals surface area (Å²) in [5.74, 6) is -0.0496. The largest absolute Gasteiger partial charge is 0.481 e.